The van der Waals surface area contributed by atoms with Crippen LogP contribution in [0, 0.1) is 0 Å². The van der Waals surface area contributed by atoms with Crippen molar-refractivity contribution in [1.29, 1.82) is 0 Å². The third kappa shape index (κ3) is 6.78. The molecule has 1 rings (SSSR count). The molecule has 1 fully saturated rings. The zero-order valence-corrected chi connectivity index (χ0v) is 13.5. The second-order valence-corrected chi connectivity index (χ2v) is 5.33. The second-order valence-electron chi connectivity index (χ2n) is 5.33. The van der Waals surface area contributed by atoms with Gasteiger partial charge < -0.3 is 20.3 Å². The molecule has 1 heterocycles. The molecule has 2 N–H and O–H groups in total. The highest BCUT2D eigenvalue weighted by Gasteiger charge is 2.24. The van der Waals surface area contributed by atoms with Gasteiger partial charge in [0.25, 0.3) is 0 Å². The third-order valence-electron chi connectivity index (χ3n) is 3.61. The standard InChI is InChI=1S/C15H27N3O4/c1-3-13(19)16-9-5-6-14(20)17-12-7-10-18(11-8-12)15(21)22-4-2/h12H,3-11H2,1-2H3,(H,16,19)(H,17,20). The number of ether oxygens (including phenoxy) is 1. The molecular weight excluding hydrogens is 286 g/mol. The van der Waals surface area contributed by atoms with Crippen molar-refractivity contribution in [2.45, 2.75) is 52.0 Å². The minimum absolute atomic E-state index is 0.000308. The number of amides is 3. The highest BCUT2D eigenvalue weighted by molar-refractivity contribution is 5.77. The molecule has 0 saturated carbocycles. The fourth-order valence-electron chi connectivity index (χ4n) is 2.32. The van der Waals surface area contributed by atoms with E-state index in [4.69, 9.17) is 4.74 Å². The number of carbonyl (C=O) groups excluding carboxylic acids is 3. The van der Waals surface area contributed by atoms with E-state index in [2.05, 4.69) is 10.6 Å². The minimum Gasteiger partial charge on any atom is -0.450 e. The Balaban J connectivity index is 2.14. The second kappa shape index (κ2) is 10.0. The van der Waals surface area contributed by atoms with Crippen molar-refractivity contribution in [3.05, 3.63) is 0 Å². The first kappa shape index (κ1) is 18.3. The molecule has 1 aliphatic heterocycles. The summed E-state index contributed by atoms with van der Waals surface area (Å²) in [5.74, 6) is 0.00655. The van der Waals surface area contributed by atoms with Crippen molar-refractivity contribution in [2.24, 2.45) is 0 Å². The van der Waals surface area contributed by atoms with Crippen LogP contribution in [0.4, 0.5) is 4.79 Å². The van der Waals surface area contributed by atoms with Gasteiger partial charge in [-0.25, -0.2) is 4.79 Å². The zero-order valence-electron chi connectivity index (χ0n) is 13.5. The monoisotopic (exact) mass is 313 g/mol. The molecule has 7 heteroatoms. The van der Waals surface area contributed by atoms with Crippen molar-refractivity contribution >= 4 is 17.9 Å². The Morgan fingerprint density at radius 1 is 1.14 bits per heavy atom. The lowest BCUT2D eigenvalue weighted by molar-refractivity contribution is -0.123. The predicted octanol–water partition coefficient (Wildman–Crippen LogP) is 1.03. The molecular formula is C15H27N3O4. The number of likely N-dealkylation sites (tertiary alicyclic amines) is 1. The largest absolute Gasteiger partial charge is 0.450 e. The van der Waals surface area contributed by atoms with Crippen molar-refractivity contribution in [3.8, 4) is 0 Å². The van der Waals surface area contributed by atoms with E-state index in [1.54, 1.807) is 18.7 Å². The van der Waals surface area contributed by atoms with Gasteiger partial charge >= 0.3 is 6.09 Å². The highest BCUT2D eigenvalue weighted by atomic mass is 16.6. The molecule has 3 amide bonds. The van der Waals surface area contributed by atoms with Crippen LogP contribution >= 0.6 is 0 Å². The quantitative estimate of drug-likeness (QED) is 0.687. The van der Waals surface area contributed by atoms with E-state index in [9.17, 15) is 14.4 Å². The summed E-state index contributed by atoms with van der Waals surface area (Å²) in [4.78, 5) is 36.1. The van der Waals surface area contributed by atoms with Gasteiger partial charge in [0.15, 0.2) is 0 Å². The molecule has 126 valence electrons. The summed E-state index contributed by atoms with van der Waals surface area (Å²) in [6, 6.07) is 0.114. The summed E-state index contributed by atoms with van der Waals surface area (Å²) < 4.78 is 4.96. The van der Waals surface area contributed by atoms with E-state index in [1.807, 2.05) is 0 Å². The van der Waals surface area contributed by atoms with Crippen LogP contribution in [0.15, 0.2) is 0 Å². The Morgan fingerprint density at radius 2 is 1.82 bits per heavy atom. The van der Waals surface area contributed by atoms with Crippen LogP contribution in [-0.2, 0) is 14.3 Å². The van der Waals surface area contributed by atoms with Crippen molar-refractivity contribution in [3.63, 3.8) is 0 Å². The highest BCUT2D eigenvalue weighted by Crippen LogP contribution is 2.11. The number of rotatable bonds is 7. The normalized spacial score (nSPS) is 15.3. The first-order valence-corrected chi connectivity index (χ1v) is 8.04. The van der Waals surface area contributed by atoms with E-state index < -0.39 is 0 Å². The molecule has 1 aliphatic rings. The molecule has 22 heavy (non-hydrogen) atoms. The molecule has 0 atom stereocenters. The van der Waals surface area contributed by atoms with Crippen LogP contribution < -0.4 is 10.6 Å². The number of nitrogens with one attached hydrogen (secondary N) is 2. The van der Waals surface area contributed by atoms with E-state index in [0.29, 0.717) is 45.5 Å². The zero-order chi connectivity index (χ0) is 16.4. The van der Waals surface area contributed by atoms with Gasteiger partial charge in [-0.05, 0) is 26.2 Å². The molecule has 7 nitrogen and oxygen atoms in total. The first-order valence-electron chi connectivity index (χ1n) is 8.04. The smallest absolute Gasteiger partial charge is 0.409 e. The van der Waals surface area contributed by atoms with Crippen LogP contribution in [0.3, 0.4) is 0 Å². The number of hydrogen-bond donors (Lipinski definition) is 2. The van der Waals surface area contributed by atoms with Crippen molar-refractivity contribution in [1.82, 2.24) is 15.5 Å². The van der Waals surface area contributed by atoms with Gasteiger partial charge in [0.2, 0.25) is 11.8 Å². The third-order valence-corrected chi connectivity index (χ3v) is 3.61. The van der Waals surface area contributed by atoms with Gasteiger partial charge in [-0.15, -0.1) is 0 Å². The van der Waals surface area contributed by atoms with Crippen molar-refractivity contribution in [2.75, 3.05) is 26.2 Å². The summed E-state index contributed by atoms with van der Waals surface area (Å²) in [7, 11) is 0. The lowest BCUT2D eigenvalue weighted by atomic mass is 10.1. The SMILES string of the molecule is CCOC(=O)N1CCC(NC(=O)CCCNC(=O)CC)CC1. The Labute approximate surface area is 131 Å². The lowest BCUT2D eigenvalue weighted by Crippen LogP contribution is -2.46. The van der Waals surface area contributed by atoms with Crippen LogP contribution in [0.25, 0.3) is 0 Å². The predicted molar refractivity (Wildman–Crippen MR) is 82.3 cm³/mol. The number of carbonyl (C=O) groups is 3. The Morgan fingerprint density at radius 3 is 2.41 bits per heavy atom. The van der Waals surface area contributed by atoms with Crippen LogP contribution in [0.5, 0.6) is 0 Å². The fourth-order valence-corrected chi connectivity index (χ4v) is 2.32. The summed E-state index contributed by atoms with van der Waals surface area (Å²) >= 11 is 0. The van der Waals surface area contributed by atoms with Gasteiger partial charge in [0.05, 0.1) is 6.61 Å². The van der Waals surface area contributed by atoms with E-state index in [-0.39, 0.29) is 23.9 Å². The number of piperidine rings is 1. The Kier molecular flexibility index (Phi) is 8.32. The van der Waals surface area contributed by atoms with E-state index in [0.717, 1.165) is 12.8 Å². The summed E-state index contributed by atoms with van der Waals surface area (Å²) in [5, 5.41) is 5.73. The maximum absolute atomic E-state index is 11.8. The molecule has 0 aromatic carbocycles. The Hall–Kier alpha value is -1.79. The first-order chi connectivity index (χ1) is 10.6. The molecule has 0 unspecified atom stereocenters. The maximum Gasteiger partial charge on any atom is 0.409 e. The number of hydrogen-bond acceptors (Lipinski definition) is 4. The van der Waals surface area contributed by atoms with Gasteiger partial charge in [-0.2, -0.15) is 0 Å². The molecule has 0 radical (unpaired) electrons. The fraction of sp³-hybridized carbons (Fsp3) is 0.800. The van der Waals surface area contributed by atoms with Crippen molar-refractivity contribution < 1.29 is 19.1 Å². The molecule has 0 aromatic rings. The summed E-state index contributed by atoms with van der Waals surface area (Å²) in [5.41, 5.74) is 0. The van der Waals surface area contributed by atoms with Crippen LogP contribution in [0.2, 0.25) is 0 Å². The molecule has 0 bridgehead atoms. The molecule has 0 aromatic heterocycles. The molecule has 1 saturated heterocycles. The van der Waals surface area contributed by atoms with Gasteiger partial charge in [0, 0.05) is 38.5 Å². The average Bonchev–Trinajstić information content (AvgIpc) is 2.52. The summed E-state index contributed by atoms with van der Waals surface area (Å²) in [6.07, 6.45) is 2.72. The summed E-state index contributed by atoms with van der Waals surface area (Å²) in [6.45, 7) is 5.71. The van der Waals surface area contributed by atoms with E-state index in [1.165, 1.54) is 0 Å². The average molecular weight is 313 g/mol. The molecule has 0 spiro atoms. The van der Waals surface area contributed by atoms with Crippen LogP contribution in [0.1, 0.15) is 46.0 Å². The number of nitrogens with zero attached hydrogens (tertiary/aromatic N) is 1. The van der Waals surface area contributed by atoms with Gasteiger partial charge in [0.1, 0.15) is 0 Å². The van der Waals surface area contributed by atoms with Gasteiger partial charge in [-0.1, -0.05) is 6.92 Å². The van der Waals surface area contributed by atoms with Crippen LogP contribution in [-0.4, -0.2) is 55.1 Å². The lowest BCUT2D eigenvalue weighted by Gasteiger charge is -2.31. The topological polar surface area (TPSA) is 87.7 Å². The Bertz CT molecular complexity index is 379. The van der Waals surface area contributed by atoms with Gasteiger partial charge in [-0.3, -0.25) is 9.59 Å². The van der Waals surface area contributed by atoms with E-state index >= 15 is 0 Å². The minimum atomic E-state index is -0.279. The maximum atomic E-state index is 11.8. The molecule has 0 aliphatic carbocycles.